The van der Waals surface area contributed by atoms with Crippen LogP contribution in [0.5, 0.6) is 0 Å². The molecular weight excluding hydrogens is 762 g/mol. The van der Waals surface area contributed by atoms with Crippen LogP contribution in [0.2, 0.25) is 0 Å². The number of hydrogen-bond donors (Lipinski definition) is 3. The van der Waals surface area contributed by atoms with Gasteiger partial charge in [-0.05, 0) is 80.5 Å². The zero-order valence-electron chi connectivity index (χ0n) is 33.4. The van der Waals surface area contributed by atoms with Gasteiger partial charge < -0.3 is 54.9 Å². The van der Waals surface area contributed by atoms with Crippen LogP contribution in [0.4, 0.5) is 0 Å². The molecule has 0 aromatic carbocycles. The molecule has 2 aliphatic heterocycles. The zero-order chi connectivity index (χ0) is 38.2. The third-order valence-electron chi connectivity index (χ3n) is 9.92. The number of aromatic amines is 2. The smallest absolute Gasteiger partial charge is 0.550 e. The number of fused-ring (bicyclic) bond motifs is 8. The molecule has 0 unspecified atom stereocenters. The topological polar surface area (TPSA) is 247 Å². The van der Waals surface area contributed by atoms with E-state index in [2.05, 4.69) is 21.9 Å². The van der Waals surface area contributed by atoms with Crippen LogP contribution in [0.3, 0.4) is 0 Å². The van der Waals surface area contributed by atoms with Crippen molar-refractivity contribution >= 4 is 69.1 Å². The molecular formula is C38H37N5Na4O9. The number of amides is 1. The van der Waals surface area contributed by atoms with Gasteiger partial charge in [-0.15, -0.1) is 0 Å². The normalized spacial score (nSPS) is 14.9. The zero-order valence-corrected chi connectivity index (χ0v) is 41.4. The van der Waals surface area contributed by atoms with Gasteiger partial charge in [0.25, 0.3) is 0 Å². The van der Waals surface area contributed by atoms with Crippen molar-refractivity contribution in [3.8, 4) is 0 Å². The number of rotatable bonds is 12. The third-order valence-corrected chi connectivity index (χ3v) is 9.92. The number of aryl methyl sites for hydroxylation is 3. The molecule has 3 aromatic rings. The van der Waals surface area contributed by atoms with Gasteiger partial charge in [0.05, 0.1) is 41.5 Å². The number of carbonyl (C=O) groups excluding carboxylic acids is 5. The first-order valence-electron chi connectivity index (χ1n) is 16.8. The molecule has 18 heteroatoms. The standard InChI is InChI=1S/C38H41N5O9.4Na/c1-7-20-16(3)24-12-26-18(5)22(9-10-32(45)46)35(42-26)23(11-31(44)41-30(37(49)50)15-33(47)48)36-34(38(51)52)19(6)27(43-36)14-29-21(8-2)17(4)25(40-29)13-28(20)39-24;;;;/h7,12-14,18,22,30,39-40H,1,8-11,15H2,2-6H3,(H,41,44)(H,45,46)(H,47,48)(H,49,50)(H,51,52);;;;/q;4*+1/p-4/t18-,22+,30-;;;;/m0..../s1. The minimum absolute atomic E-state index is 0. The Labute approximate surface area is 412 Å². The van der Waals surface area contributed by atoms with Crippen LogP contribution in [-0.2, 0) is 36.8 Å². The van der Waals surface area contributed by atoms with E-state index < -0.39 is 66.9 Å². The average molecular weight is 800 g/mol. The number of H-pyrrole nitrogens is 2. The molecule has 3 atom stereocenters. The minimum Gasteiger partial charge on any atom is -0.550 e. The fourth-order valence-electron chi connectivity index (χ4n) is 7.12. The van der Waals surface area contributed by atoms with E-state index in [0.717, 1.165) is 33.3 Å². The fourth-order valence-corrected chi connectivity index (χ4v) is 7.12. The van der Waals surface area contributed by atoms with Crippen LogP contribution in [0.25, 0.3) is 39.3 Å². The summed E-state index contributed by atoms with van der Waals surface area (Å²) < 4.78 is 0. The van der Waals surface area contributed by atoms with Gasteiger partial charge in [-0.25, -0.2) is 4.98 Å². The summed E-state index contributed by atoms with van der Waals surface area (Å²) in [5, 5.41) is 49.6. The molecule has 0 saturated carbocycles. The van der Waals surface area contributed by atoms with Gasteiger partial charge >= 0.3 is 118 Å². The number of hydrogen-bond acceptors (Lipinski definition) is 11. The quantitative estimate of drug-likeness (QED) is 0.145. The summed E-state index contributed by atoms with van der Waals surface area (Å²) >= 11 is 0. The van der Waals surface area contributed by atoms with E-state index in [1.807, 2.05) is 33.8 Å². The Morgan fingerprint density at radius 3 is 2.04 bits per heavy atom. The average Bonchev–Trinajstić information content (AvgIpc) is 3.74. The summed E-state index contributed by atoms with van der Waals surface area (Å²) in [5.41, 5.74) is 7.06. The van der Waals surface area contributed by atoms with Crippen molar-refractivity contribution in [1.82, 2.24) is 25.3 Å². The molecule has 0 fully saturated rings. The molecule has 0 spiro atoms. The van der Waals surface area contributed by atoms with Crippen molar-refractivity contribution in [2.75, 3.05) is 0 Å². The fraction of sp³-hybridized carbons (Fsp3) is 0.342. The number of carboxylic acids is 4. The van der Waals surface area contributed by atoms with Gasteiger partial charge in [-0.2, -0.15) is 0 Å². The number of carboxylic acid groups (broad SMARTS) is 4. The van der Waals surface area contributed by atoms with Crippen molar-refractivity contribution in [2.24, 2.45) is 0 Å². The predicted molar refractivity (Wildman–Crippen MR) is 183 cm³/mol. The Bertz CT molecular complexity index is 2260. The molecule has 8 bridgehead atoms. The van der Waals surface area contributed by atoms with Gasteiger partial charge in [0.2, 0.25) is 5.91 Å². The number of nitrogens with one attached hydrogen (secondary N) is 3. The van der Waals surface area contributed by atoms with Crippen LogP contribution in [0.1, 0.15) is 102 Å². The summed E-state index contributed by atoms with van der Waals surface area (Å²) in [6.45, 7) is 13.2. The summed E-state index contributed by atoms with van der Waals surface area (Å²) in [5.74, 6) is -8.72. The van der Waals surface area contributed by atoms with Crippen molar-refractivity contribution in [3.63, 3.8) is 0 Å². The van der Waals surface area contributed by atoms with Crippen molar-refractivity contribution in [3.05, 3.63) is 75.4 Å². The number of aliphatic carboxylic acids is 4. The summed E-state index contributed by atoms with van der Waals surface area (Å²) in [6, 6.07) is 3.50. The van der Waals surface area contributed by atoms with Crippen LogP contribution >= 0.6 is 0 Å². The van der Waals surface area contributed by atoms with E-state index in [1.165, 1.54) is 6.92 Å². The van der Waals surface area contributed by atoms with Crippen molar-refractivity contribution in [1.29, 1.82) is 0 Å². The third kappa shape index (κ3) is 11.0. The first-order chi connectivity index (χ1) is 24.6. The largest absolute Gasteiger partial charge is 1.00 e. The van der Waals surface area contributed by atoms with E-state index in [0.29, 0.717) is 23.1 Å². The Kier molecular flexibility index (Phi) is 20.2. The molecule has 1 amide bonds. The molecule has 0 aliphatic carbocycles. The number of aromatic nitrogens is 4. The second-order valence-electron chi connectivity index (χ2n) is 13.1. The predicted octanol–water partition coefficient (Wildman–Crippen LogP) is -11.8. The van der Waals surface area contributed by atoms with Gasteiger partial charge in [-0.1, -0.05) is 26.5 Å². The first kappa shape index (κ1) is 52.0. The van der Waals surface area contributed by atoms with Gasteiger partial charge in [0, 0.05) is 74.7 Å². The second kappa shape index (κ2) is 21.8. The summed E-state index contributed by atoms with van der Waals surface area (Å²) in [7, 11) is 0. The molecule has 0 saturated heterocycles. The Balaban J connectivity index is 0.00000392. The van der Waals surface area contributed by atoms with Crippen LogP contribution in [0, 0.1) is 13.8 Å². The number of allylic oxidation sites excluding steroid dienone is 1. The van der Waals surface area contributed by atoms with Gasteiger partial charge in [0.1, 0.15) is 0 Å². The molecule has 0 radical (unpaired) electrons. The first-order valence-corrected chi connectivity index (χ1v) is 16.8. The molecule has 5 rings (SSSR count). The molecule has 2 aliphatic rings. The second-order valence-corrected chi connectivity index (χ2v) is 13.1. The Morgan fingerprint density at radius 2 is 1.48 bits per heavy atom. The van der Waals surface area contributed by atoms with E-state index in [4.69, 9.17) is 9.97 Å². The maximum atomic E-state index is 13.5. The molecule has 272 valence electrons. The Hall–Kier alpha value is -2.05. The van der Waals surface area contributed by atoms with E-state index in [1.54, 1.807) is 18.2 Å². The molecule has 14 nitrogen and oxygen atoms in total. The van der Waals surface area contributed by atoms with Gasteiger partial charge in [0.15, 0.2) is 0 Å². The molecule has 3 N–H and O–H groups in total. The number of nitrogens with zero attached hydrogens (tertiary/aromatic N) is 2. The summed E-state index contributed by atoms with van der Waals surface area (Å²) in [6.07, 6.45) is 0.157. The van der Waals surface area contributed by atoms with Crippen LogP contribution in [-0.4, -0.2) is 55.8 Å². The minimum atomic E-state index is -1.96. The van der Waals surface area contributed by atoms with Gasteiger partial charge in [-0.3, -0.25) is 9.78 Å². The maximum Gasteiger partial charge on any atom is 1.00 e. The van der Waals surface area contributed by atoms with Crippen molar-refractivity contribution < 1.29 is 163 Å². The summed E-state index contributed by atoms with van der Waals surface area (Å²) in [4.78, 5) is 77.5. The van der Waals surface area contributed by atoms with E-state index >= 15 is 0 Å². The van der Waals surface area contributed by atoms with Crippen molar-refractivity contribution in [2.45, 2.75) is 84.6 Å². The number of carbonyl (C=O) groups is 5. The molecule has 3 aromatic heterocycles. The monoisotopic (exact) mass is 799 g/mol. The van der Waals surface area contributed by atoms with Crippen LogP contribution < -0.4 is 144 Å². The molecule has 56 heavy (non-hydrogen) atoms. The molecule has 5 heterocycles. The SMILES string of the molecule is C=Cc1c(C)c2cc3nc(c(CC(=O)N[C@@H](CC(=O)[O-])C(=O)[O-])c4nc(cc5[nH]c(cc1[nH]2)c(C)c5CC)C(C)=C4C(=O)[O-])[C@H](CCC(=O)[O-])[C@@H]3C.[Na+].[Na+].[Na+].[Na+]. The van der Waals surface area contributed by atoms with E-state index in [-0.39, 0.29) is 158 Å². The van der Waals surface area contributed by atoms with E-state index in [9.17, 15) is 44.4 Å². The maximum absolute atomic E-state index is 13.5. The Morgan fingerprint density at radius 1 is 0.857 bits per heavy atom. The van der Waals surface area contributed by atoms with Crippen LogP contribution in [0.15, 0.2) is 24.8 Å².